The van der Waals surface area contributed by atoms with Gasteiger partial charge in [-0.2, -0.15) is 0 Å². The Bertz CT molecular complexity index is 1170. The van der Waals surface area contributed by atoms with Gasteiger partial charge in [-0.3, -0.25) is 9.59 Å². The summed E-state index contributed by atoms with van der Waals surface area (Å²) in [6.07, 6.45) is -0.314. The van der Waals surface area contributed by atoms with Crippen LogP contribution >= 0.6 is 0 Å². The van der Waals surface area contributed by atoms with Crippen molar-refractivity contribution in [2.75, 3.05) is 11.4 Å². The van der Waals surface area contributed by atoms with Crippen LogP contribution in [0.1, 0.15) is 27.0 Å². The molecule has 1 atom stereocenters. The summed E-state index contributed by atoms with van der Waals surface area (Å²) in [5.41, 5.74) is 4.63. The normalized spacial score (nSPS) is 17.2. The SMILES string of the molecule is O=C(NC1N=C(c2ccccc2)c2cccc3c2N(CC3)C1=O)c1ccc(F)cc1. The van der Waals surface area contributed by atoms with Gasteiger partial charge in [0.15, 0.2) is 0 Å². The Kier molecular flexibility index (Phi) is 4.39. The maximum atomic E-state index is 13.3. The van der Waals surface area contributed by atoms with Crippen LogP contribution in [0.3, 0.4) is 0 Å². The molecule has 0 saturated carbocycles. The predicted octanol–water partition coefficient (Wildman–Crippen LogP) is 3.32. The second-order valence-electron chi connectivity index (χ2n) is 7.28. The molecule has 3 aromatic carbocycles. The number of nitrogens with one attached hydrogen (secondary N) is 1. The van der Waals surface area contributed by atoms with Gasteiger partial charge in [-0.05, 0) is 36.2 Å². The molecule has 0 saturated heterocycles. The van der Waals surface area contributed by atoms with Gasteiger partial charge in [-0.25, -0.2) is 9.38 Å². The van der Waals surface area contributed by atoms with E-state index >= 15 is 0 Å². The molecule has 3 aromatic rings. The van der Waals surface area contributed by atoms with Crippen molar-refractivity contribution in [2.24, 2.45) is 4.99 Å². The first-order valence-corrected chi connectivity index (χ1v) is 9.75. The minimum absolute atomic E-state index is 0.268. The minimum atomic E-state index is -1.07. The second kappa shape index (κ2) is 7.22. The summed E-state index contributed by atoms with van der Waals surface area (Å²) in [4.78, 5) is 32.5. The van der Waals surface area contributed by atoms with Gasteiger partial charge in [-0.1, -0.05) is 48.5 Å². The molecule has 6 heteroatoms. The molecule has 2 amide bonds. The number of rotatable bonds is 3. The van der Waals surface area contributed by atoms with Gasteiger partial charge in [0.05, 0.1) is 11.4 Å². The third kappa shape index (κ3) is 3.06. The van der Waals surface area contributed by atoms with Gasteiger partial charge in [0.25, 0.3) is 11.8 Å². The average molecular weight is 399 g/mol. The van der Waals surface area contributed by atoms with Crippen LogP contribution in [0.5, 0.6) is 0 Å². The fourth-order valence-electron chi connectivity index (χ4n) is 4.00. The van der Waals surface area contributed by atoms with Crippen LogP contribution in [0.4, 0.5) is 10.1 Å². The highest BCUT2D eigenvalue weighted by Gasteiger charge is 2.37. The van der Waals surface area contributed by atoms with E-state index in [9.17, 15) is 14.0 Å². The minimum Gasteiger partial charge on any atom is -0.322 e. The van der Waals surface area contributed by atoms with Crippen molar-refractivity contribution in [3.63, 3.8) is 0 Å². The number of anilines is 1. The third-order valence-electron chi connectivity index (χ3n) is 5.43. The first-order chi connectivity index (χ1) is 14.6. The molecule has 1 N–H and O–H groups in total. The van der Waals surface area contributed by atoms with Crippen LogP contribution in [-0.4, -0.2) is 30.2 Å². The molecule has 30 heavy (non-hydrogen) atoms. The highest BCUT2D eigenvalue weighted by molar-refractivity contribution is 6.21. The van der Waals surface area contributed by atoms with E-state index in [0.29, 0.717) is 12.3 Å². The molecule has 0 bridgehead atoms. The molecule has 0 radical (unpaired) electrons. The summed E-state index contributed by atoms with van der Waals surface area (Å²) in [5, 5.41) is 2.73. The molecular weight excluding hydrogens is 381 g/mol. The number of hydrogen-bond donors (Lipinski definition) is 1. The molecule has 2 aliphatic heterocycles. The molecular formula is C24H18FN3O2. The zero-order chi connectivity index (χ0) is 20.7. The van der Waals surface area contributed by atoms with Crippen molar-refractivity contribution in [3.8, 4) is 0 Å². The Morgan fingerprint density at radius 3 is 2.53 bits per heavy atom. The molecule has 2 aliphatic rings. The van der Waals surface area contributed by atoms with Crippen molar-refractivity contribution in [1.82, 2.24) is 5.32 Å². The number of aliphatic imine (C=N–C) groups is 1. The van der Waals surface area contributed by atoms with Crippen molar-refractivity contribution in [2.45, 2.75) is 12.6 Å². The van der Waals surface area contributed by atoms with E-state index in [2.05, 4.69) is 5.32 Å². The third-order valence-corrected chi connectivity index (χ3v) is 5.43. The van der Waals surface area contributed by atoms with Gasteiger partial charge < -0.3 is 10.2 Å². The van der Waals surface area contributed by atoms with E-state index in [4.69, 9.17) is 4.99 Å². The zero-order valence-electron chi connectivity index (χ0n) is 16.0. The average Bonchev–Trinajstić information content (AvgIpc) is 3.17. The molecule has 5 nitrogen and oxygen atoms in total. The number of amides is 2. The van der Waals surface area contributed by atoms with Crippen molar-refractivity contribution in [3.05, 3.63) is 101 Å². The largest absolute Gasteiger partial charge is 0.322 e. The summed E-state index contributed by atoms with van der Waals surface area (Å²) in [7, 11) is 0. The van der Waals surface area contributed by atoms with Crippen molar-refractivity contribution in [1.29, 1.82) is 0 Å². The smallest absolute Gasteiger partial charge is 0.272 e. The van der Waals surface area contributed by atoms with E-state index in [0.717, 1.165) is 28.8 Å². The molecule has 2 heterocycles. The molecule has 0 aliphatic carbocycles. The summed E-state index contributed by atoms with van der Waals surface area (Å²) in [6, 6.07) is 20.8. The van der Waals surface area contributed by atoms with Gasteiger partial charge in [0.1, 0.15) is 5.82 Å². The number of para-hydroxylation sites is 1. The van der Waals surface area contributed by atoms with E-state index in [1.165, 1.54) is 24.3 Å². The first-order valence-electron chi connectivity index (χ1n) is 9.75. The van der Waals surface area contributed by atoms with Crippen LogP contribution in [0.15, 0.2) is 77.8 Å². The van der Waals surface area contributed by atoms with Crippen LogP contribution in [0.2, 0.25) is 0 Å². The maximum absolute atomic E-state index is 13.3. The van der Waals surface area contributed by atoms with E-state index in [-0.39, 0.29) is 11.5 Å². The summed E-state index contributed by atoms with van der Waals surface area (Å²) in [6.45, 7) is 0.547. The quantitative estimate of drug-likeness (QED) is 0.735. The fraction of sp³-hybridized carbons (Fsp3) is 0.125. The lowest BCUT2D eigenvalue weighted by molar-refractivity contribution is -0.120. The van der Waals surface area contributed by atoms with Gasteiger partial charge in [-0.15, -0.1) is 0 Å². The Morgan fingerprint density at radius 2 is 1.77 bits per heavy atom. The Labute approximate surface area is 172 Å². The molecule has 148 valence electrons. The summed E-state index contributed by atoms with van der Waals surface area (Å²) in [5.74, 6) is -1.18. The molecule has 1 unspecified atom stereocenters. The Hall–Kier alpha value is -3.80. The van der Waals surface area contributed by atoms with Gasteiger partial charge in [0.2, 0.25) is 6.17 Å². The van der Waals surface area contributed by atoms with Gasteiger partial charge >= 0.3 is 0 Å². The maximum Gasteiger partial charge on any atom is 0.272 e. The lowest BCUT2D eigenvalue weighted by Gasteiger charge is -2.21. The standard InChI is InChI=1S/C24H18FN3O2/c25-18-11-9-17(10-12-18)23(29)27-22-24(30)28-14-13-16-7-4-8-19(21(16)28)20(26-22)15-5-2-1-3-6-15/h1-12,22H,13-14H2,(H,27,29). The molecule has 0 aromatic heterocycles. The van der Waals surface area contributed by atoms with Gasteiger partial charge in [0, 0.05) is 23.2 Å². The van der Waals surface area contributed by atoms with E-state index < -0.39 is 17.9 Å². The molecule has 5 rings (SSSR count). The van der Waals surface area contributed by atoms with Crippen LogP contribution < -0.4 is 10.2 Å². The van der Waals surface area contributed by atoms with E-state index in [1.54, 1.807) is 4.90 Å². The number of carbonyl (C=O) groups excluding carboxylic acids is 2. The fourth-order valence-corrected chi connectivity index (χ4v) is 4.00. The van der Waals surface area contributed by atoms with Crippen LogP contribution in [0.25, 0.3) is 0 Å². The number of nitrogens with zero attached hydrogens (tertiary/aromatic N) is 2. The number of halogens is 1. The zero-order valence-corrected chi connectivity index (χ0v) is 16.0. The van der Waals surface area contributed by atoms with Crippen molar-refractivity contribution < 1.29 is 14.0 Å². The van der Waals surface area contributed by atoms with Crippen LogP contribution in [-0.2, 0) is 11.2 Å². The summed E-state index contributed by atoms with van der Waals surface area (Å²) < 4.78 is 13.2. The Balaban J connectivity index is 1.59. The monoisotopic (exact) mass is 399 g/mol. The molecule has 0 spiro atoms. The molecule has 0 fully saturated rings. The van der Waals surface area contributed by atoms with Crippen LogP contribution in [0, 0.1) is 5.82 Å². The van der Waals surface area contributed by atoms with E-state index in [1.807, 2.05) is 48.5 Å². The highest BCUT2D eigenvalue weighted by atomic mass is 19.1. The number of benzene rings is 3. The lowest BCUT2D eigenvalue weighted by atomic mass is 9.98. The topological polar surface area (TPSA) is 61.8 Å². The second-order valence-corrected chi connectivity index (χ2v) is 7.28. The number of carbonyl (C=O) groups is 2. The predicted molar refractivity (Wildman–Crippen MR) is 112 cm³/mol. The first kappa shape index (κ1) is 18.2. The highest BCUT2D eigenvalue weighted by Crippen LogP contribution is 2.36. The lowest BCUT2D eigenvalue weighted by Crippen LogP contribution is -2.46. The Morgan fingerprint density at radius 1 is 1.00 bits per heavy atom. The van der Waals surface area contributed by atoms with Crippen molar-refractivity contribution >= 4 is 23.2 Å². The summed E-state index contributed by atoms with van der Waals surface area (Å²) >= 11 is 0. The number of hydrogen-bond acceptors (Lipinski definition) is 3.